The monoisotopic (exact) mass is 357 g/mol. The van der Waals surface area contributed by atoms with Gasteiger partial charge in [0.25, 0.3) is 0 Å². The first kappa shape index (κ1) is 17.2. The van der Waals surface area contributed by atoms with Crippen LogP contribution in [0.1, 0.15) is 16.7 Å². The van der Waals surface area contributed by atoms with E-state index in [1.54, 1.807) is 0 Å². The highest BCUT2D eigenvalue weighted by atomic mass is 16.7. The van der Waals surface area contributed by atoms with Crippen LogP contribution in [0.15, 0.2) is 89.9 Å². The van der Waals surface area contributed by atoms with Gasteiger partial charge in [-0.05, 0) is 19.1 Å². The van der Waals surface area contributed by atoms with E-state index in [-0.39, 0.29) is 0 Å². The van der Waals surface area contributed by atoms with E-state index in [1.165, 1.54) is 5.56 Å². The number of hydrogen-bond acceptors (Lipinski definition) is 4. The van der Waals surface area contributed by atoms with E-state index in [0.717, 1.165) is 16.8 Å². The molecule has 0 aromatic heterocycles. The molecule has 4 rings (SSSR count). The Hall–Kier alpha value is -3.27. The van der Waals surface area contributed by atoms with Gasteiger partial charge in [0.15, 0.2) is 0 Å². The number of hydrogen-bond donors (Lipinski definition) is 0. The number of aryl methyl sites for hydroxylation is 1. The number of hydroxylamine groups is 1. The van der Waals surface area contributed by atoms with Gasteiger partial charge in [0.2, 0.25) is 5.66 Å². The molecule has 0 atom stereocenters. The molecule has 3 aromatic rings. The summed E-state index contributed by atoms with van der Waals surface area (Å²) in [4.78, 5) is 13.3. The van der Waals surface area contributed by atoms with Crippen molar-refractivity contribution in [2.45, 2.75) is 12.6 Å². The molecular weight excluding hydrogens is 334 g/mol. The first-order valence-electron chi connectivity index (χ1n) is 9.04. The van der Waals surface area contributed by atoms with Crippen LogP contribution < -0.4 is 5.06 Å². The van der Waals surface area contributed by atoms with Gasteiger partial charge in [0, 0.05) is 25.2 Å². The SMILES string of the molecule is Cc1ccc(N2OC(N(C)C)=NC2(c2ccccc2)c2ccccc2)cc1. The van der Waals surface area contributed by atoms with Crippen LogP contribution in [0.25, 0.3) is 0 Å². The third-order valence-electron chi connectivity index (χ3n) is 4.73. The van der Waals surface area contributed by atoms with Crippen molar-refractivity contribution in [1.29, 1.82) is 0 Å². The van der Waals surface area contributed by atoms with Gasteiger partial charge >= 0.3 is 6.02 Å². The molecule has 136 valence electrons. The fraction of sp³-hybridized carbons (Fsp3) is 0.174. The molecule has 0 aliphatic carbocycles. The molecule has 4 heteroatoms. The molecule has 0 saturated heterocycles. The molecule has 0 bridgehead atoms. The maximum Gasteiger partial charge on any atom is 0.317 e. The Morgan fingerprint density at radius 2 is 1.30 bits per heavy atom. The molecule has 0 fully saturated rings. The lowest BCUT2D eigenvalue weighted by Gasteiger charge is -2.35. The Bertz CT molecular complexity index is 895. The summed E-state index contributed by atoms with van der Waals surface area (Å²) < 4.78 is 0. The second-order valence-electron chi connectivity index (χ2n) is 6.91. The molecule has 1 aliphatic rings. The largest absolute Gasteiger partial charge is 0.337 e. The zero-order chi connectivity index (χ0) is 18.9. The van der Waals surface area contributed by atoms with Crippen LogP contribution in [0.5, 0.6) is 0 Å². The number of aliphatic imine (C=N–C) groups is 1. The summed E-state index contributed by atoms with van der Waals surface area (Å²) in [5, 5.41) is 1.91. The molecule has 0 spiro atoms. The number of rotatable bonds is 3. The van der Waals surface area contributed by atoms with Crippen LogP contribution in [0.3, 0.4) is 0 Å². The van der Waals surface area contributed by atoms with Crippen LogP contribution in [0.2, 0.25) is 0 Å². The summed E-state index contributed by atoms with van der Waals surface area (Å²) in [5.41, 5.74) is 3.46. The van der Waals surface area contributed by atoms with E-state index in [0.29, 0.717) is 6.02 Å². The van der Waals surface area contributed by atoms with Gasteiger partial charge in [-0.1, -0.05) is 78.4 Å². The van der Waals surface area contributed by atoms with Crippen molar-refractivity contribution in [1.82, 2.24) is 4.90 Å². The summed E-state index contributed by atoms with van der Waals surface area (Å²) >= 11 is 0. The summed E-state index contributed by atoms with van der Waals surface area (Å²) in [6.07, 6.45) is 0. The average Bonchev–Trinajstić information content (AvgIpc) is 3.12. The van der Waals surface area contributed by atoms with Crippen LogP contribution in [-0.4, -0.2) is 25.0 Å². The summed E-state index contributed by atoms with van der Waals surface area (Å²) in [7, 11) is 3.89. The normalized spacial score (nSPS) is 15.2. The number of anilines is 1. The highest BCUT2D eigenvalue weighted by molar-refractivity contribution is 5.80. The molecule has 1 heterocycles. The Labute approximate surface area is 160 Å². The van der Waals surface area contributed by atoms with Crippen molar-refractivity contribution in [3.05, 3.63) is 102 Å². The molecule has 0 radical (unpaired) electrons. The minimum atomic E-state index is -0.794. The third-order valence-corrected chi connectivity index (χ3v) is 4.73. The predicted octanol–water partition coefficient (Wildman–Crippen LogP) is 4.57. The molecule has 0 amide bonds. The molecular formula is C23H23N3O. The second kappa shape index (κ2) is 6.80. The van der Waals surface area contributed by atoms with Crippen molar-refractivity contribution < 1.29 is 4.84 Å². The minimum Gasteiger partial charge on any atom is -0.337 e. The minimum absolute atomic E-state index is 0.572. The quantitative estimate of drug-likeness (QED) is 0.687. The zero-order valence-electron chi connectivity index (χ0n) is 15.8. The summed E-state index contributed by atoms with van der Waals surface area (Å²) in [6.45, 7) is 2.08. The lowest BCUT2D eigenvalue weighted by molar-refractivity contribution is 0.208. The average molecular weight is 357 g/mol. The second-order valence-corrected chi connectivity index (χ2v) is 6.91. The number of nitrogens with zero attached hydrogens (tertiary/aromatic N) is 3. The van der Waals surface area contributed by atoms with Crippen LogP contribution in [0, 0.1) is 6.92 Å². The van der Waals surface area contributed by atoms with Crippen molar-refractivity contribution in [3.8, 4) is 0 Å². The lowest BCUT2D eigenvalue weighted by Crippen LogP contribution is -2.42. The van der Waals surface area contributed by atoms with E-state index < -0.39 is 5.66 Å². The fourth-order valence-electron chi connectivity index (χ4n) is 3.32. The molecule has 0 N–H and O–H groups in total. The van der Waals surface area contributed by atoms with Gasteiger partial charge in [-0.3, -0.25) is 0 Å². The van der Waals surface area contributed by atoms with Crippen molar-refractivity contribution in [3.63, 3.8) is 0 Å². The maximum absolute atomic E-state index is 6.28. The summed E-state index contributed by atoms with van der Waals surface area (Å²) in [6, 6.07) is 29.5. The number of amidine groups is 1. The van der Waals surface area contributed by atoms with Crippen LogP contribution in [-0.2, 0) is 10.5 Å². The lowest BCUT2D eigenvalue weighted by atomic mass is 9.91. The fourth-order valence-corrected chi connectivity index (χ4v) is 3.32. The van der Waals surface area contributed by atoms with Crippen molar-refractivity contribution in [2.24, 2.45) is 4.99 Å². The van der Waals surface area contributed by atoms with Gasteiger partial charge < -0.3 is 9.74 Å². The molecule has 1 aliphatic heterocycles. The molecule has 3 aromatic carbocycles. The van der Waals surface area contributed by atoms with Crippen LogP contribution in [0.4, 0.5) is 5.69 Å². The Balaban J connectivity index is 1.98. The molecule has 0 saturated carbocycles. The van der Waals surface area contributed by atoms with E-state index in [4.69, 9.17) is 9.83 Å². The molecule has 0 unspecified atom stereocenters. The molecule has 27 heavy (non-hydrogen) atoms. The summed E-state index contributed by atoms with van der Waals surface area (Å²) in [5.74, 6) is 0. The van der Waals surface area contributed by atoms with Gasteiger partial charge in [-0.15, -0.1) is 0 Å². The van der Waals surface area contributed by atoms with Gasteiger partial charge in [0.05, 0.1) is 5.69 Å². The van der Waals surface area contributed by atoms with Crippen molar-refractivity contribution in [2.75, 3.05) is 19.2 Å². The molecule has 4 nitrogen and oxygen atoms in total. The first-order valence-corrected chi connectivity index (χ1v) is 9.04. The topological polar surface area (TPSA) is 28.1 Å². The first-order chi connectivity index (χ1) is 13.1. The zero-order valence-corrected chi connectivity index (χ0v) is 15.8. The standard InChI is InChI=1S/C23H23N3O/c1-18-14-16-21(17-15-18)26-23(19-10-6-4-7-11-19,20-12-8-5-9-13-20)24-22(27-26)25(2)3/h4-17H,1-3H3. The van der Waals surface area contributed by atoms with Crippen LogP contribution >= 0.6 is 0 Å². The van der Waals surface area contributed by atoms with Gasteiger partial charge in [0.1, 0.15) is 0 Å². The predicted molar refractivity (Wildman–Crippen MR) is 110 cm³/mol. The Morgan fingerprint density at radius 1 is 0.778 bits per heavy atom. The van der Waals surface area contributed by atoms with E-state index in [2.05, 4.69) is 55.5 Å². The highest BCUT2D eigenvalue weighted by Gasteiger charge is 2.48. The van der Waals surface area contributed by atoms with E-state index >= 15 is 0 Å². The van der Waals surface area contributed by atoms with E-state index in [1.807, 2.05) is 60.5 Å². The van der Waals surface area contributed by atoms with E-state index in [9.17, 15) is 0 Å². The van der Waals surface area contributed by atoms with Crippen molar-refractivity contribution >= 4 is 11.7 Å². The van der Waals surface area contributed by atoms with Gasteiger partial charge in [-0.2, -0.15) is 10.1 Å². The Kier molecular flexibility index (Phi) is 4.32. The number of benzene rings is 3. The third kappa shape index (κ3) is 2.93. The Morgan fingerprint density at radius 3 is 1.78 bits per heavy atom. The smallest absolute Gasteiger partial charge is 0.317 e. The highest BCUT2D eigenvalue weighted by Crippen LogP contribution is 2.44. The maximum atomic E-state index is 6.28. The van der Waals surface area contributed by atoms with Gasteiger partial charge in [-0.25, -0.2) is 0 Å².